The summed E-state index contributed by atoms with van der Waals surface area (Å²) < 4.78 is 7.37. The molecule has 0 radical (unpaired) electrons. The minimum atomic E-state index is -1.69. The fraction of sp³-hybridized carbons (Fsp3) is 0.429. The highest BCUT2D eigenvalue weighted by atomic mass is 79.9. The number of hydrogen-bond acceptors (Lipinski definition) is 3. The van der Waals surface area contributed by atoms with Crippen LogP contribution in [-0.4, -0.2) is 14.9 Å². The third-order valence-corrected chi connectivity index (χ3v) is 11.3. The molecular weight excluding hydrogens is 422 g/mol. The maximum Gasteiger partial charge on any atom is 0.191 e. The van der Waals surface area contributed by atoms with Crippen molar-refractivity contribution >= 4 is 47.7 Å². The van der Waals surface area contributed by atoms with Crippen LogP contribution < -0.4 is 5.73 Å². The number of hydrogen-bond donors (Lipinski definition) is 1. The number of halogens is 1. The first-order valence-corrected chi connectivity index (χ1v) is 13.6. The molecule has 0 fully saturated rings. The fourth-order valence-electron chi connectivity index (χ4n) is 2.27. The van der Waals surface area contributed by atoms with Crippen LogP contribution in [0, 0.1) is 0 Å². The van der Waals surface area contributed by atoms with Crippen LogP contribution in [0.4, 0.5) is 0 Å². The molecule has 1 aromatic carbocycles. The van der Waals surface area contributed by atoms with Crippen LogP contribution in [-0.2, 0) is 4.43 Å². The Labute approximate surface area is 171 Å². The van der Waals surface area contributed by atoms with Crippen LogP contribution in [0.25, 0.3) is 12.2 Å². The lowest BCUT2D eigenvalue weighted by Gasteiger charge is -2.36. The summed E-state index contributed by atoms with van der Waals surface area (Å²) in [6.07, 6.45) is 5.12. The Morgan fingerprint density at radius 2 is 1.85 bits per heavy atom. The van der Waals surface area contributed by atoms with E-state index in [0.717, 1.165) is 17.5 Å². The summed E-state index contributed by atoms with van der Waals surface area (Å²) in [6.45, 7) is 12.1. The van der Waals surface area contributed by atoms with E-state index >= 15 is 0 Å². The van der Waals surface area contributed by atoms with Gasteiger partial charge < -0.3 is 10.2 Å². The van der Waals surface area contributed by atoms with Crippen molar-refractivity contribution in [2.45, 2.75) is 51.4 Å². The Balaban J connectivity index is 1.88. The Hall–Kier alpha value is -0.723. The fourth-order valence-corrected chi connectivity index (χ4v) is 4.67. The van der Waals surface area contributed by atoms with Gasteiger partial charge in [0.25, 0.3) is 0 Å². The smallest absolute Gasteiger partial charge is 0.191 e. The number of nitrogens with two attached hydrogens (primary N) is 1. The zero-order valence-corrected chi connectivity index (χ0v) is 19.8. The number of rotatable bonds is 7. The maximum absolute atomic E-state index is 6.37. The van der Waals surface area contributed by atoms with E-state index in [4.69, 9.17) is 10.2 Å². The minimum absolute atomic E-state index is 0.0195. The zero-order chi connectivity index (χ0) is 19.4. The first-order valence-electron chi connectivity index (χ1n) is 9.00. The molecule has 0 aliphatic rings. The highest BCUT2D eigenvalue weighted by Gasteiger charge is 2.36. The molecule has 1 atom stereocenters. The second-order valence-corrected chi connectivity index (χ2v) is 14.8. The average Bonchev–Trinajstić information content (AvgIpc) is 2.97. The first kappa shape index (κ1) is 21.6. The van der Waals surface area contributed by atoms with Crippen LogP contribution in [0.3, 0.4) is 0 Å². The molecule has 0 saturated carbocycles. The molecule has 0 aliphatic carbocycles. The van der Waals surface area contributed by atoms with Gasteiger partial charge in [-0.1, -0.05) is 51.1 Å². The van der Waals surface area contributed by atoms with Crippen LogP contribution in [0.5, 0.6) is 0 Å². The third kappa shape index (κ3) is 6.17. The summed E-state index contributed by atoms with van der Waals surface area (Å²) in [4.78, 5) is 1.24. The standard InChI is InChI=1S/C21H30BrNOSSi/c1-21(2,3)26(4,5)24-13-12-20(23)17-9-6-16(7-10-17)8-11-19-14-18(22)15-25-19/h6-11,14-15,20H,12-13,23H2,1-5H3/b11-8+. The molecule has 2 rings (SSSR count). The molecule has 0 spiro atoms. The Morgan fingerprint density at radius 1 is 1.19 bits per heavy atom. The highest BCUT2D eigenvalue weighted by Crippen LogP contribution is 2.36. The van der Waals surface area contributed by atoms with E-state index < -0.39 is 8.32 Å². The van der Waals surface area contributed by atoms with Gasteiger partial charge in [-0.3, -0.25) is 0 Å². The lowest BCUT2D eigenvalue weighted by molar-refractivity contribution is 0.272. The zero-order valence-electron chi connectivity index (χ0n) is 16.4. The Morgan fingerprint density at radius 3 is 2.38 bits per heavy atom. The van der Waals surface area contributed by atoms with E-state index in [0.29, 0.717) is 0 Å². The molecule has 0 saturated heterocycles. The van der Waals surface area contributed by atoms with Gasteiger partial charge in [-0.05, 0) is 63.8 Å². The molecule has 2 nitrogen and oxygen atoms in total. The first-order chi connectivity index (χ1) is 12.1. The SMILES string of the molecule is CC(C)(C)[Si](C)(C)OCCC(N)c1ccc(/C=C/c2cc(Br)cs2)cc1. The highest BCUT2D eigenvalue weighted by molar-refractivity contribution is 9.10. The molecule has 0 bridgehead atoms. The molecule has 5 heteroatoms. The van der Waals surface area contributed by atoms with Crippen molar-refractivity contribution in [2.75, 3.05) is 6.61 Å². The molecule has 26 heavy (non-hydrogen) atoms. The second kappa shape index (κ2) is 8.98. The summed E-state index contributed by atoms with van der Waals surface area (Å²) in [5, 5.41) is 2.33. The molecule has 2 N–H and O–H groups in total. The van der Waals surface area contributed by atoms with Gasteiger partial charge in [0.2, 0.25) is 0 Å². The molecule has 1 heterocycles. The van der Waals surface area contributed by atoms with E-state index in [1.54, 1.807) is 11.3 Å². The van der Waals surface area contributed by atoms with E-state index in [2.05, 4.69) is 97.7 Å². The predicted octanol–water partition coefficient (Wildman–Crippen LogP) is 7.09. The molecule has 142 valence electrons. The summed E-state index contributed by atoms with van der Waals surface area (Å²) in [6, 6.07) is 10.6. The predicted molar refractivity (Wildman–Crippen MR) is 122 cm³/mol. The van der Waals surface area contributed by atoms with E-state index in [-0.39, 0.29) is 11.1 Å². The lowest BCUT2D eigenvalue weighted by atomic mass is 10.0. The average molecular weight is 453 g/mol. The lowest BCUT2D eigenvalue weighted by Crippen LogP contribution is -2.41. The Kier molecular flexibility index (Phi) is 7.45. The van der Waals surface area contributed by atoms with Gasteiger partial charge in [-0.2, -0.15) is 0 Å². The third-order valence-electron chi connectivity index (χ3n) is 5.09. The van der Waals surface area contributed by atoms with Gasteiger partial charge >= 0.3 is 0 Å². The number of benzene rings is 1. The second-order valence-electron chi connectivity index (χ2n) is 8.17. The van der Waals surface area contributed by atoms with Crippen molar-refractivity contribution in [3.8, 4) is 0 Å². The molecule has 0 aliphatic heterocycles. The summed E-state index contributed by atoms with van der Waals surface area (Å²) >= 11 is 5.21. The normalized spacial score (nSPS) is 14.1. The quantitative estimate of drug-likeness (QED) is 0.455. The summed E-state index contributed by atoms with van der Waals surface area (Å²) in [5.74, 6) is 0. The van der Waals surface area contributed by atoms with Crippen molar-refractivity contribution < 1.29 is 4.43 Å². The van der Waals surface area contributed by atoms with Crippen molar-refractivity contribution in [3.05, 3.63) is 56.2 Å². The molecule has 1 unspecified atom stereocenters. The van der Waals surface area contributed by atoms with Crippen molar-refractivity contribution in [1.82, 2.24) is 0 Å². The van der Waals surface area contributed by atoms with Gasteiger partial charge in [-0.25, -0.2) is 0 Å². The molecule has 0 amide bonds. The van der Waals surface area contributed by atoms with Gasteiger partial charge in [0.15, 0.2) is 8.32 Å². The minimum Gasteiger partial charge on any atom is -0.417 e. The van der Waals surface area contributed by atoms with Gasteiger partial charge in [0, 0.05) is 27.4 Å². The summed E-state index contributed by atoms with van der Waals surface area (Å²) in [5.41, 5.74) is 8.71. The van der Waals surface area contributed by atoms with Crippen LogP contribution >= 0.6 is 27.3 Å². The van der Waals surface area contributed by atoms with Crippen LogP contribution in [0.2, 0.25) is 18.1 Å². The maximum atomic E-state index is 6.37. The topological polar surface area (TPSA) is 35.2 Å². The van der Waals surface area contributed by atoms with Crippen molar-refractivity contribution in [1.29, 1.82) is 0 Å². The summed E-state index contributed by atoms with van der Waals surface area (Å²) in [7, 11) is -1.69. The van der Waals surface area contributed by atoms with Crippen LogP contribution in [0.15, 0.2) is 40.2 Å². The van der Waals surface area contributed by atoms with Crippen molar-refractivity contribution in [3.63, 3.8) is 0 Å². The monoisotopic (exact) mass is 451 g/mol. The molecular formula is C21H30BrNOSSi. The van der Waals surface area contributed by atoms with E-state index in [9.17, 15) is 0 Å². The Bertz CT molecular complexity index is 731. The van der Waals surface area contributed by atoms with E-state index in [1.165, 1.54) is 16.0 Å². The number of thiophene rings is 1. The van der Waals surface area contributed by atoms with Gasteiger partial charge in [0.1, 0.15) is 0 Å². The van der Waals surface area contributed by atoms with E-state index in [1.807, 2.05) is 0 Å². The van der Waals surface area contributed by atoms with Gasteiger partial charge in [0.05, 0.1) is 0 Å². The molecule has 1 aromatic heterocycles. The van der Waals surface area contributed by atoms with Gasteiger partial charge in [-0.15, -0.1) is 11.3 Å². The largest absolute Gasteiger partial charge is 0.417 e. The van der Waals surface area contributed by atoms with Crippen molar-refractivity contribution in [2.24, 2.45) is 5.73 Å². The van der Waals surface area contributed by atoms with Crippen LogP contribution in [0.1, 0.15) is 49.2 Å². The molecule has 2 aromatic rings.